The second-order valence-electron chi connectivity index (χ2n) is 6.93. The molecule has 8 heteroatoms. The van der Waals surface area contributed by atoms with Gasteiger partial charge in [-0.15, -0.1) is 0 Å². The molecule has 0 unspecified atom stereocenters. The molecule has 2 heterocycles. The largest absolute Gasteiger partial charge is 0.341 e. The molecule has 1 amide bonds. The minimum Gasteiger partial charge on any atom is -0.341 e. The lowest BCUT2D eigenvalue weighted by Gasteiger charge is -2.33. The lowest BCUT2D eigenvalue weighted by molar-refractivity contribution is -0.117. The Morgan fingerprint density at radius 1 is 1.04 bits per heavy atom. The van der Waals surface area contributed by atoms with Crippen LogP contribution in [-0.4, -0.2) is 58.4 Å². The number of hydrogen-bond donors (Lipinski definition) is 2. The van der Waals surface area contributed by atoms with Gasteiger partial charge in [-0.25, -0.2) is 4.98 Å². The van der Waals surface area contributed by atoms with Crippen LogP contribution in [0.3, 0.4) is 0 Å². The molecule has 1 aliphatic heterocycles. The summed E-state index contributed by atoms with van der Waals surface area (Å²) in [5.74, 6) is 0.927. The highest BCUT2D eigenvalue weighted by Gasteiger charge is 2.20. The van der Waals surface area contributed by atoms with E-state index in [1.165, 1.54) is 0 Å². The summed E-state index contributed by atoms with van der Waals surface area (Å²) in [4.78, 5) is 24.8. The minimum atomic E-state index is -0.0517. The van der Waals surface area contributed by atoms with Crippen molar-refractivity contribution >= 4 is 45.8 Å². The van der Waals surface area contributed by atoms with Crippen LogP contribution < -0.4 is 5.32 Å². The summed E-state index contributed by atoms with van der Waals surface area (Å²) in [6.07, 6.45) is 0. The third-order valence-corrected chi connectivity index (χ3v) is 5.59. The number of carbonyl (C=O) groups is 1. The standard InChI is InChI=1S/C20H21Cl2N5O/c21-15-6-5-14(11-16(15)22)23-20(28)13-27-9-7-26(8-10-27)12-19-24-17-3-1-2-4-18(17)25-19/h1-6,11H,7-10,12-13H2,(H,23,28)(H,24,25). The van der Waals surface area contributed by atoms with E-state index in [2.05, 4.69) is 25.1 Å². The number of H-pyrrole nitrogens is 1. The molecule has 0 saturated carbocycles. The first-order valence-corrected chi connectivity index (χ1v) is 9.96. The number of imidazole rings is 1. The highest BCUT2D eigenvalue weighted by atomic mass is 35.5. The van der Waals surface area contributed by atoms with Crippen molar-refractivity contribution in [2.45, 2.75) is 6.54 Å². The van der Waals surface area contributed by atoms with Crippen LogP contribution in [0.1, 0.15) is 5.82 Å². The number of fused-ring (bicyclic) bond motifs is 1. The molecule has 0 bridgehead atoms. The zero-order valence-corrected chi connectivity index (χ0v) is 16.8. The predicted octanol–water partition coefficient (Wildman–Crippen LogP) is 3.63. The lowest BCUT2D eigenvalue weighted by Crippen LogP contribution is -2.48. The summed E-state index contributed by atoms with van der Waals surface area (Å²) in [5.41, 5.74) is 2.72. The Bertz CT molecular complexity index is 949. The number of rotatable bonds is 5. The zero-order chi connectivity index (χ0) is 19.5. The number of halogens is 2. The summed E-state index contributed by atoms with van der Waals surface area (Å²) < 4.78 is 0. The first-order chi connectivity index (χ1) is 13.6. The number of piperazine rings is 1. The maximum absolute atomic E-state index is 12.3. The number of aromatic amines is 1. The van der Waals surface area contributed by atoms with Crippen LogP contribution in [0.15, 0.2) is 42.5 Å². The number of aromatic nitrogens is 2. The molecular formula is C20H21Cl2N5O. The van der Waals surface area contributed by atoms with Gasteiger partial charge in [0.15, 0.2) is 0 Å². The van der Waals surface area contributed by atoms with Crippen molar-refractivity contribution in [2.75, 3.05) is 38.0 Å². The van der Waals surface area contributed by atoms with Gasteiger partial charge in [0.2, 0.25) is 5.91 Å². The molecular weight excluding hydrogens is 397 g/mol. The summed E-state index contributed by atoms with van der Waals surface area (Å²) in [6, 6.07) is 13.1. The lowest BCUT2D eigenvalue weighted by atomic mass is 10.3. The van der Waals surface area contributed by atoms with Crippen LogP contribution in [0.4, 0.5) is 5.69 Å². The molecule has 4 rings (SSSR count). The Balaban J connectivity index is 1.25. The van der Waals surface area contributed by atoms with Crippen molar-refractivity contribution in [1.29, 1.82) is 0 Å². The van der Waals surface area contributed by atoms with Crippen molar-refractivity contribution in [1.82, 2.24) is 19.8 Å². The molecule has 0 radical (unpaired) electrons. The fourth-order valence-corrected chi connectivity index (χ4v) is 3.67. The van der Waals surface area contributed by atoms with Crippen molar-refractivity contribution < 1.29 is 4.79 Å². The van der Waals surface area contributed by atoms with Gasteiger partial charge in [-0.1, -0.05) is 35.3 Å². The predicted molar refractivity (Wildman–Crippen MR) is 113 cm³/mol. The van der Waals surface area contributed by atoms with Gasteiger partial charge in [-0.2, -0.15) is 0 Å². The molecule has 146 valence electrons. The third-order valence-electron chi connectivity index (χ3n) is 4.85. The second-order valence-corrected chi connectivity index (χ2v) is 7.74. The van der Waals surface area contributed by atoms with Gasteiger partial charge in [0, 0.05) is 31.9 Å². The van der Waals surface area contributed by atoms with E-state index >= 15 is 0 Å². The Morgan fingerprint density at radius 2 is 1.79 bits per heavy atom. The van der Waals surface area contributed by atoms with Crippen LogP contribution in [-0.2, 0) is 11.3 Å². The van der Waals surface area contributed by atoms with Crippen LogP contribution in [0.5, 0.6) is 0 Å². The summed E-state index contributed by atoms with van der Waals surface area (Å²) in [6.45, 7) is 4.63. The fourth-order valence-electron chi connectivity index (χ4n) is 3.38. The van der Waals surface area contributed by atoms with E-state index in [9.17, 15) is 4.79 Å². The average molecular weight is 418 g/mol. The quantitative estimate of drug-likeness (QED) is 0.665. The van der Waals surface area contributed by atoms with Crippen LogP contribution in [0.25, 0.3) is 11.0 Å². The monoisotopic (exact) mass is 417 g/mol. The topological polar surface area (TPSA) is 64.3 Å². The maximum atomic E-state index is 12.3. The summed E-state index contributed by atoms with van der Waals surface area (Å²) in [7, 11) is 0. The summed E-state index contributed by atoms with van der Waals surface area (Å²) >= 11 is 11.9. The molecule has 3 aromatic rings. The summed E-state index contributed by atoms with van der Waals surface area (Å²) in [5, 5.41) is 3.77. The SMILES string of the molecule is O=C(CN1CCN(Cc2nc3ccccc3[nH]2)CC1)Nc1ccc(Cl)c(Cl)c1. The number of anilines is 1. The van der Waals surface area contributed by atoms with Gasteiger partial charge in [-0.05, 0) is 30.3 Å². The molecule has 0 atom stereocenters. The fraction of sp³-hybridized carbons (Fsp3) is 0.300. The van der Waals surface area contributed by atoms with E-state index in [-0.39, 0.29) is 5.91 Å². The second kappa shape index (κ2) is 8.49. The number of carbonyl (C=O) groups excluding carboxylic acids is 1. The van der Waals surface area contributed by atoms with E-state index in [1.54, 1.807) is 18.2 Å². The molecule has 2 N–H and O–H groups in total. The number of nitrogens with one attached hydrogen (secondary N) is 2. The molecule has 28 heavy (non-hydrogen) atoms. The number of hydrogen-bond acceptors (Lipinski definition) is 4. The van der Waals surface area contributed by atoms with Crippen LogP contribution >= 0.6 is 23.2 Å². The van der Waals surface area contributed by atoms with E-state index in [1.807, 2.05) is 24.3 Å². The molecule has 0 aliphatic carbocycles. The van der Waals surface area contributed by atoms with Gasteiger partial charge >= 0.3 is 0 Å². The van der Waals surface area contributed by atoms with Gasteiger partial charge in [-0.3, -0.25) is 14.6 Å². The Kier molecular flexibility index (Phi) is 5.82. The molecule has 1 fully saturated rings. The highest BCUT2D eigenvalue weighted by molar-refractivity contribution is 6.42. The zero-order valence-electron chi connectivity index (χ0n) is 15.3. The normalized spacial score (nSPS) is 15.8. The molecule has 6 nitrogen and oxygen atoms in total. The smallest absolute Gasteiger partial charge is 0.238 e. The Hall–Kier alpha value is -2.12. The van der Waals surface area contributed by atoms with E-state index < -0.39 is 0 Å². The van der Waals surface area contributed by atoms with Gasteiger partial charge in [0.1, 0.15) is 5.82 Å². The molecule has 1 aliphatic rings. The number of amides is 1. The number of nitrogens with zero attached hydrogens (tertiary/aromatic N) is 3. The maximum Gasteiger partial charge on any atom is 0.238 e. The number of benzene rings is 2. The van der Waals surface area contributed by atoms with Crippen LogP contribution in [0, 0.1) is 0 Å². The minimum absolute atomic E-state index is 0.0517. The van der Waals surface area contributed by atoms with Gasteiger partial charge in [0.25, 0.3) is 0 Å². The van der Waals surface area contributed by atoms with Crippen LogP contribution in [0.2, 0.25) is 10.0 Å². The Labute approximate surface area is 173 Å². The van der Waals surface area contributed by atoms with E-state index in [4.69, 9.17) is 23.2 Å². The Morgan fingerprint density at radius 3 is 2.54 bits per heavy atom. The van der Waals surface area contributed by atoms with Crippen molar-refractivity contribution in [3.05, 3.63) is 58.3 Å². The van der Waals surface area contributed by atoms with E-state index in [0.29, 0.717) is 22.3 Å². The first kappa shape index (κ1) is 19.2. The van der Waals surface area contributed by atoms with Crippen molar-refractivity contribution in [3.63, 3.8) is 0 Å². The molecule has 1 saturated heterocycles. The van der Waals surface area contributed by atoms with Crippen molar-refractivity contribution in [3.8, 4) is 0 Å². The van der Waals surface area contributed by atoms with Gasteiger partial charge in [0.05, 0.1) is 34.2 Å². The number of para-hydroxylation sites is 2. The third kappa shape index (κ3) is 4.64. The first-order valence-electron chi connectivity index (χ1n) is 9.20. The molecule has 1 aromatic heterocycles. The highest BCUT2D eigenvalue weighted by Crippen LogP contribution is 2.25. The molecule has 2 aromatic carbocycles. The average Bonchev–Trinajstić information content (AvgIpc) is 3.08. The van der Waals surface area contributed by atoms with E-state index in [0.717, 1.165) is 49.6 Å². The molecule has 0 spiro atoms. The van der Waals surface area contributed by atoms with Crippen molar-refractivity contribution in [2.24, 2.45) is 0 Å². The van der Waals surface area contributed by atoms with Gasteiger partial charge < -0.3 is 10.3 Å².